The van der Waals surface area contributed by atoms with Gasteiger partial charge in [0.15, 0.2) is 5.82 Å². The van der Waals surface area contributed by atoms with Crippen molar-refractivity contribution < 1.29 is 18.3 Å². The van der Waals surface area contributed by atoms with Crippen LogP contribution in [-0.4, -0.2) is 75.0 Å². The van der Waals surface area contributed by atoms with Crippen LogP contribution in [0, 0.1) is 11.6 Å². The van der Waals surface area contributed by atoms with Crippen molar-refractivity contribution in [1.29, 1.82) is 0 Å². The van der Waals surface area contributed by atoms with E-state index in [1.807, 2.05) is 50.4 Å². The summed E-state index contributed by atoms with van der Waals surface area (Å²) in [5, 5.41) is 14.3. The molecule has 218 valence electrons. The lowest BCUT2D eigenvalue weighted by Crippen LogP contribution is -2.25. The average molecular weight is 583 g/mol. The molecule has 41 heavy (non-hydrogen) atoms. The molecule has 4 aromatic rings. The topological polar surface area (TPSA) is 85.5 Å². The molecular weight excluding hydrogens is 546 g/mol. The largest absolute Gasteiger partial charge is 0.383 e. The Morgan fingerprint density at radius 1 is 1.02 bits per heavy atom. The summed E-state index contributed by atoms with van der Waals surface area (Å²) in [4.78, 5) is 19.1. The van der Waals surface area contributed by atoms with Gasteiger partial charge in [0.25, 0.3) is 5.91 Å². The van der Waals surface area contributed by atoms with Gasteiger partial charge in [0.1, 0.15) is 11.6 Å². The number of methoxy groups -OCH3 is 1. The molecule has 0 saturated carbocycles. The summed E-state index contributed by atoms with van der Waals surface area (Å²) in [5.41, 5.74) is 2.87. The van der Waals surface area contributed by atoms with Gasteiger partial charge in [-0.15, -0.1) is 0 Å². The quantitative estimate of drug-likeness (QED) is 0.176. The molecule has 3 N–H and O–H groups in total. The second kappa shape index (κ2) is 13.8. The minimum Gasteiger partial charge on any atom is -0.383 e. The summed E-state index contributed by atoms with van der Waals surface area (Å²) in [6, 6.07) is 14.6. The predicted molar refractivity (Wildman–Crippen MR) is 162 cm³/mol. The van der Waals surface area contributed by atoms with Crippen LogP contribution in [-0.2, 0) is 4.74 Å². The van der Waals surface area contributed by atoms with E-state index in [-0.39, 0.29) is 11.9 Å². The van der Waals surface area contributed by atoms with E-state index in [2.05, 4.69) is 44.7 Å². The number of carbonyl (C=O) groups excluding carboxylic acids is 1. The Kier molecular flexibility index (Phi) is 10.2. The molecule has 11 heteroatoms. The van der Waals surface area contributed by atoms with Crippen LogP contribution < -0.4 is 15.5 Å². The van der Waals surface area contributed by atoms with Crippen LogP contribution in [0.15, 0.2) is 64.4 Å². The SMILES string of the molecule is COCC(C)Nc1cc(N(C)CCCN(C)C)ccc1C(=O)Nc1n[nH]c2ccc(Sc3cc(F)cc(F)c3)cc12. The van der Waals surface area contributed by atoms with Gasteiger partial charge >= 0.3 is 0 Å². The lowest BCUT2D eigenvalue weighted by atomic mass is 10.1. The van der Waals surface area contributed by atoms with Crippen molar-refractivity contribution in [3.05, 3.63) is 71.8 Å². The molecule has 0 bridgehead atoms. The molecule has 0 aliphatic heterocycles. The first-order valence-electron chi connectivity index (χ1n) is 13.3. The third kappa shape index (κ3) is 8.18. The number of nitrogens with one attached hydrogen (secondary N) is 3. The molecule has 0 aliphatic carbocycles. The molecule has 1 unspecified atom stereocenters. The summed E-state index contributed by atoms with van der Waals surface area (Å²) in [6.45, 7) is 4.32. The molecular formula is C30H36F2N6O2S. The first-order chi connectivity index (χ1) is 19.6. The first kappa shape index (κ1) is 30.3. The number of nitrogens with zero attached hydrogens (tertiary/aromatic N) is 3. The number of carbonyl (C=O) groups is 1. The fourth-order valence-electron chi connectivity index (χ4n) is 4.45. The van der Waals surface area contributed by atoms with Crippen LogP contribution in [0.1, 0.15) is 23.7 Å². The molecule has 0 radical (unpaired) electrons. The maximum Gasteiger partial charge on any atom is 0.258 e. The molecule has 0 aliphatic rings. The second-order valence-electron chi connectivity index (χ2n) is 10.2. The Morgan fingerprint density at radius 2 is 1.78 bits per heavy atom. The van der Waals surface area contributed by atoms with E-state index in [9.17, 15) is 13.6 Å². The fourth-order valence-corrected chi connectivity index (χ4v) is 5.38. The van der Waals surface area contributed by atoms with Crippen molar-refractivity contribution in [2.45, 2.75) is 29.2 Å². The van der Waals surface area contributed by atoms with Crippen LogP contribution in [0.2, 0.25) is 0 Å². The van der Waals surface area contributed by atoms with E-state index in [0.29, 0.717) is 34.0 Å². The summed E-state index contributed by atoms with van der Waals surface area (Å²) in [6.07, 6.45) is 1.01. The number of aromatic nitrogens is 2. The molecule has 1 atom stereocenters. The van der Waals surface area contributed by atoms with Gasteiger partial charge in [-0.3, -0.25) is 9.89 Å². The van der Waals surface area contributed by atoms with Gasteiger partial charge in [-0.1, -0.05) is 11.8 Å². The number of ether oxygens (including phenoxy) is 1. The van der Waals surface area contributed by atoms with Crippen LogP contribution >= 0.6 is 11.8 Å². The molecule has 1 amide bonds. The number of rotatable bonds is 13. The maximum atomic E-state index is 13.7. The summed E-state index contributed by atoms with van der Waals surface area (Å²) >= 11 is 1.22. The number of halogens is 2. The van der Waals surface area contributed by atoms with E-state index in [4.69, 9.17) is 4.74 Å². The number of hydrogen-bond donors (Lipinski definition) is 3. The highest BCUT2D eigenvalue weighted by atomic mass is 32.2. The Labute approximate surface area is 243 Å². The highest BCUT2D eigenvalue weighted by Crippen LogP contribution is 2.33. The van der Waals surface area contributed by atoms with Crippen molar-refractivity contribution in [1.82, 2.24) is 15.1 Å². The molecule has 0 fully saturated rings. The zero-order valence-electron chi connectivity index (χ0n) is 23.9. The van der Waals surface area contributed by atoms with Gasteiger partial charge in [0, 0.05) is 59.4 Å². The van der Waals surface area contributed by atoms with Gasteiger partial charge < -0.3 is 25.2 Å². The third-order valence-electron chi connectivity index (χ3n) is 6.44. The fraction of sp³-hybridized carbons (Fsp3) is 0.333. The smallest absolute Gasteiger partial charge is 0.258 e. The average Bonchev–Trinajstić information content (AvgIpc) is 3.29. The predicted octanol–water partition coefficient (Wildman–Crippen LogP) is 6.08. The van der Waals surface area contributed by atoms with E-state index in [0.717, 1.165) is 41.7 Å². The maximum absolute atomic E-state index is 13.7. The number of anilines is 3. The minimum atomic E-state index is -0.639. The zero-order valence-corrected chi connectivity index (χ0v) is 24.7. The molecule has 8 nitrogen and oxygen atoms in total. The van der Waals surface area contributed by atoms with Gasteiger partial charge in [0.05, 0.1) is 17.7 Å². The lowest BCUT2D eigenvalue weighted by Gasteiger charge is -2.23. The molecule has 0 spiro atoms. The van der Waals surface area contributed by atoms with Crippen LogP contribution in [0.25, 0.3) is 10.9 Å². The highest BCUT2D eigenvalue weighted by Gasteiger charge is 2.18. The monoisotopic (exact) mass is 582 g/mol. The van der Waals surface area contributed by atoms with E-state index in [1.165, 1.54) is 23.9 Å². The standard InChI is InChI=1S/C30H36F2N6O2S/c1-19(18-40-5)33-28-16-22(38(4)12-6-11-37(2)3)7-9-25(28)30(39)34-29-26-17-23(8-10-27(26)35-36-29)41-24-14-20(31)13-21(32)15-24/h7-10,13-17,19,33H,6,11-12,18H2,1-5H3,(H2,34,35,36,39). The van der Waals surface area contributed by atoms with Gasteiger partial charge in [0.2, 0.25) is 0 Å². The molecule has 1 aromatic heterocycles. The molecule has 4 rings (SSSR count). The Morgan fingerprint density at radius 3 is 2.49 bits per heavy atom. The number of aromatic amines is 1. The van der Waals surface area contributed by atoms with Crippen molar-refractivity contribution in [3.8, 4) is 0 Å². The number of hydrogen-bond acceptors (Lipinski definition) is 7. The van der Waals surface area contributed by atoms with E-state index < -0.39 is 11.6 Å². The Balaban J connectivity index is 1.57. The third-order valence-corrected chi connectivity index (χ3v) is 7.41. The van der Waals surface area contributed by atoms with Crippen molar-refractivity contribution in [2.75, 3.05) is 63.5 Å². The summed E-state index contributed by atoms with van der Waals surface area (Å²) in [7, 11) is 7.79. The van der Waals surface area contributed by atoms with E-state index >= 15 is 0 Å². The number of fused-ring (bicyclic) bond motifs is 1. The van der Waals surface area contributed by atoms with Crippen molar-refractivity contribution >= 4 is 45.8 Å². The highest BCUT2D eigenvalue weighted by molar-refractivity contribution is 7.99. The lowest BCUT2D eigenvalue weighted by molar-refractivity contribution is 0.102. The van der Waals surface area contributed by atoms with Crippen LogP contribution in [0.5, 0.6) is 0 Å². The van der Waals surface area contributed by atoms with Crippen molar-refractivity contribution in [2.24, 2.45) is 0 Å². The van der Waals surface area contributed by atoms with Crippen molar-refractivity contribution in [3.63, 3.8) is 0 Å². The number of H-pyrrole nitrogens is 1. The molecule has 3 aromatic carbocycles. The summed E-state index contributed by atoms with van der Waals surface area (Å²) < 4.78 is 32.7. The minimum absolute atomic E-state index is 0.0284. The first-order valence-corrected chi connectivity index (χ1v) is 14.1. The van der Waals surface area contributed by atoms with Gasteiger partial charge in [-0.25, -0.2) is 8.78 Å². The van der Waals surface area contributed by atoms with E-state index in [1.54, 1.807) is 7.11 Å². The van der Waals surface area contributed by atoms with Gasteiger partial charge in [-0.05, 0) is 82.5 Å². The molecule has 0 saturated heterocycles. The Bertz CT molecular complexity index is 1480. The normalized spacial score (nSPS) is 12.1. The Hall–Kier alpha value is -3.67. The zero-order chi connectivity index (χ0) is 29.5. The van der Waals surface area contributed by atoms with Gasteiger partial charge in [-0.2, -0.15) is 5.10 Å². The number of amides is 1. The summed E-state index contributed by atoms with van der Waals surface area (Å²) in [5.74, 6) is -1.24. The molecule has 1 heterocycles. The second-order valence-corrected chi connectivity index (χ2v) is 11.4. The van der Waals surface area contributed by atoms with Crippen LogP contribution in [0.3, 0.4) is 0 Å². The number of benzene rings is 3. The van der Waals surface area contributed by atoms with Crippen LogP contribution in [0.4, 0.5) is 26.0 Å².